The van der Waals surface area contributed by atoms with E-state index in [0.29, 0.717) is 18.4 Å². The first-order chi connectivity index (χ1) is 8.32. The Bertz CT molecular complexity index is 558. The van der Waals surface area contributed by atoms with Gasteiger partial charge in [-0.3, -0.25) is 4.79 Å². The lowest BCUT2D eigenvalue weighted by atomic mass is 9.85. The van der Waals surface area contributed by atoms with Crippen molar-refractivity contribution in [2.24, 2.45) is 0 Å². The van der Waals surface area contributed by atoms with Crippen LogP contribution in [0.1, 0.15) is 24.5 Å². The number of aryl methyl sites for hydroxylation is 1. The van der Waals surface area contributed by atoms with E-state index < -0.39 is 17.0 Å². The molecular weight excluding hydrogens is 266 g/mol. The Labute approximate surface area is 107 Å². The molecule has 0 fully saturated rings. The molecule has 18 heavy (non-hydrogen) atoms. The van der Waals surface area contributed by atoms with Crippen molar-refractivity contribution in [2.45, 2.75) is 31.5 Å². The van der Waals surface area contributed by atoms with Crippen LogP contribution in [-0.4, -0.2) is 11.5 Å². The Morgan fingerprint density at radius 1 is 1.33 bits per heavy atom. The fraction of sp³-hybridized carbons (Fsp3) is 0.417. The van der Waals surface area contributed by atoms with Crippen molar-refractivity contribution in [3.63, 3.8) is 0 Å². The van der Waals surface area contributed by atoms with Crippen LogP contribution in [0.3, 0.4) is 0 Å². The van der Waals surface area contributed by atoms with E-state index in [4.69, 9.17) is 11.6 Å². The molecule has 96 valence electrons. The van der Waals surface area contributed by atoms with Gasteiger partial charge in [0.15, 0.2) is 11.5 Å². The Morgan fingerprint density at radius 2 is 1.94 bits per heavy atom. The van der Waals surface area contributed by atoms with E-state index in [2.05, 4.69) is 9.47 Å². The van der Waals surface area contributed by atoms with Crippen LogP contribution in [0.15, 0.2) is 12.1 Å². The molecule has 0 saturated heterocycles. The van der Waals surface area contributed by atoms with E-state index in [-0.39, 0.29) is 11.5 Å². The van der Waals surface area contributed by atoms with Gasteiger partial charge in [0.05, 0.1) is 5.41 Å². The first-order valence-corrected chi connectivity index (χ1v) is 5.83. The maximum atomic E-state index is 12.9. The minimum absolute atomic E-state index is 0.00465. The van der Waals surface area contributed by atoms with E-state index in [9.17, 15) is 13.6 Å². The van der Waals surface area contributed by atoms with Gasteiger partial charge in [-0.25, -0.2) is 0 Å². The van der Waals surface area contributed by atoms with E-state index >= 15 is 0 Å². The monoisotopic (exact) mass is 274 g/mol. The van der Waals surface area contributed by atoms with Crippen molar-refractivity contribution in [3.05, 3.63) is 23.3 Å². The van der Waals surface area contributed by atoms with Crippen LogP contribution in [0, 0.1) is 0 Å². The van der Waals surface area contributed by atoms with E-state index in [0.717, 1.165) is 5.56 Å². The topological polar surface area (TPSA) is 35.5 Å². The van der Waals surface area contributed by atoms with Crippen LogP contribution >= 0.6 is 11.6 Å². The predicted octanol–water partition coefficient (Wildman–Crippen LogP) is 2.98. The summed E-state index contributed by atoms with van der Waals surface area (Å²) in [4.78, 5) is 11.5. The number of benzene rings is 1. The summed E-state index contributed by atoms with van der Waals surface area (Å²) in [5.41, 5.74) is 0.599. The minimum atomic E-state index is -3.64. The van der Waals surface area contributed by atoms with Crippen molar-refractivity contribution in [2.75, 3.05) is 0 Å². The van der Waals surface area contributed by atoms with E-state index in [1.54, 1.807) is 6.92 Å². The highest BCUT2D eigenvalue weighted by atomic mass is 35.5. The molecule has 6 heteroatoms. The molecule has 1 unspecified atom stereocenters. The normalized spacial score (nSPS) is 27.1. The fourth-order valence-electron chi connectivity index (χ4n) is 2.48. The Morgan fingerprint density at radius 3 is 2.56 bits per heavy atom. The number of carbonyl (C=O) groups is 1. The number of ether oxygens (including phenoxy) is 2. The van der Waals surface area contributed by atoms with Gasteiger partial charge in [-0.1, -0.05) is 0 Å². The molecule has 3 nitrogen and oxygen atoms in total. The molecule has 1 aliphatic heterocycles. The van der Waals surface area contributed by atoms with Crippen molar-refractivity contribution < 1.29 is 23.0 Å². The summed E-state index contributed by atoms with van der Waals surface area (Å²) in [6.07, 6.45) is -2.48. The number of halogens is 3. The molecule has 0 radical (unpaired) electrons. The molecule has 1 aliphatic carbocycles. The standard InChI is InChI=1S/C12H9ClF2O3/c1-11(10(13)16)3-2-6-4-8-9(5-7(6)11)18-12(14,15)17-8/h4-5H,2-3H2,1H3. The SMILES string of the molecule is CC1(C(=O)Cl)CCc2cc3c(cc21)OC(F)(F)O3. The second-order valence-electron chi connectivity index (χ2n) is 4.73. The zero-order valence-corrected chi connectivity index (χ0v) is 10.2. The van der Waals surface area contributed by atoms with Gasteiger partial charge in [0.1, 0.15) is 0 Å². The van der Waals surface area contributed by atoms with Gasteiger partial charge in [0, 0.05) is 0 Å². The lowest BCUT2D eigenvalue weighted by Crippen LogP contribution is -2.26. The highest BCUT2D eigenvalue weighted by Crippen LogP contribution is 2.49. The van der Waals surface area contributed by atoms with Crippen molar-refractivity contribution >= 4 is 16.8 Å². The molecule has 0 saturated carbocycles. The average Bonchev–Trinajstić information content (AvgIpc) is 2.72. The summed E-state index contributed by atoms with van der Waals surface area (Å²) >= 11 is 5.60. The number of hydrogen-bond donors (Lipinski definition) is 0. The van der Waals surface area contributed by atoms with Crippen LogP contribution in [0.5, 0.6) is 11.5 Å². The second kappa shape index (κ2) is 3.35. The van der Waals surface area contributed by atoms with Gasteiger partial charge < -0.3 is 9.47 Å². The summed E-state index contributed by atoms with van der Waals surface area (Å²) in [6.45, 7) is 1.70. The lowest BCUT2D eigenvalue weighted by molar-refractivity contribution is -0.286. The molecule has 2 aliphatic rings. The van der Waals surface area contributed by atoms with Gasteiger partial charge in [-0.15, -0.1) is 8.78 Å². The molecule has 0 N–H and O–H groups in total. The first kappa shape index (κ1) is 11.7. The molecule has 1 atom stereocenters. The molecule has 0 bridgehead atoms. The van der Waals surface area contributed by atoms with Crippen molar-refractivity contribution in [3.8, 4) is 11.5 Å². The summed E-state index contributed by atoms with van der Waals surface area (Å²) in [5, 5.41) is -0.494. The summed E-state index contributed by atoms with van der Waals surface area (Å²) < 4.78 is 34.6. The molecule has 0 spiro atoms. The van der Waals surface area contributed by atoms with Gasteiger partial charge in [0.25, 0.3) is 0 Å². The van der Waals surface area contributed by atoms with Crippen molar-refractivity contribution in [1.29, 1.82) is 0 Å². The van der Waals surface area contributed by atoms with Gasteiger partial charge in [0.2, 0.25) is 5.24 Å². The quantitative estimate of drug-likeness (QED) is 0.739. The third-order valence-corrected chi connectivity index (χ3v) is 3.97. The minimum Gasteiger partial charge on any atom is -0.395 e. The van der Waals surface area contributed by atoms with Crippen LogP contribution in [0.25, 0.3) is 0 Å². The van der Waals surface area contributed by atoms with Gasteiger partial charge in [-0.05, 0) is 54.6 Å². The summed E-state index contributed by atoms with van der Waals surface area (Å²) in [5.74, 6) is -0.0465. The maximum absolute atomic E-state index is 12.9. The van der Waals surface area contributed by atoms with E-state index in [1.165, 1.54) is 12.1 Å². The molecule has 0 amide bonds. The molecular formula is C12H9ClF2O3. The molecule has 1 aromatic carbocycles. The van der Waals surface area contributed by atoms with Crippen LogP contribution in [0.4, 0.5) is 8.78 Å². The number of fused-ring (bicyclic) bond motifs is 2. The third kappa shape index (κ3) is 1.50. The first-order valence-electron chi connectivity index (χ1n) is 5.45. The Hall–Kier alpha value is -1.36. The number of carbonyl (C=O) groups excluding carboxylic acids is 1. The molecule has 3 rings (SSSR count). The highest BCUT2D eigenvalue weighted by Gasteiger charge is 2.47. The molecule has 1 heterocycles. The zero-order chi connectivity index (χ0) is 13.1. The van der Waals surface area contributed by atoms with Gasteiger partial charge >= 0.3 is 6.29 Å². The number of alkyl halides is 2. The Kier molecular flexibility index (Phi) is 2.18. The fourth-order valence-corrected chi connectivity index (χ4v) is 2.68. The zero-order valence-electron chi connectivity index (χ0n) is 9.43. The van der Waals surface area contributed by atoms with Crippen LogP contribution in [-0.2, 0) is 16.6 Å². The molecule has 0 aromatic heterocycles. The van der Waals surface area contributed by atoms with Crippen molar-refractivity contribution in [1.82, 2.24) is 0 Å². The third-order valence-electron chi connectivity index (χ3n) is 3.55. The van der Waals surface area contributed by atoms with Crippen LogP contribution < -0.4 is 9.47 Å². The largest absolute Gasteiger partial charge is 0.586 e. The predicted molar refractivity (Wildman–Crippen MR) is 59.2 cm³/mol. The smallest absolute Gasteiger partial charge is 0.395 e. The highest BCUT2D eigenvalue weighted by molar-refractivity contribution is 6.65. The number of rotatable bonds is 1. The van der Waals surface area contributed by atoms with Gasteiger partial charge in [-0.2, -0.15) is 0 Å². The average molecular weight is 275 g/mol. The second-order valence-corrected chi connectivity index (χ2v) is 5.07. The lowest BCUT2D eigenvalue weighted by Gasteiger charge is -2.20. The van der Waals surface area contributed by atoms with Crippen LogP contribution in [0.2, 0.25) is 0 Å². The Balaban J connectivity index is 2.11. The summed E-state index contributed by atoms with van der Waals surface area (Å²) in [6, 6.07) is 2.93. The van der Waals surface area contributed by atoms with E-state index in [1.807, 2.05) is 0 Å². The summed E-state index contributed by atoms with van der Waals surface area (Å²) in [7, 11) is 0. The molecule has 1 aromatic rings. The maximum Gasteiger partial charge on any atom is 0.586 e. The number of hydrogen-bond acceptors (Lipinski definition) is 3.